The SMILES string of the molecule is COc1cc(C=C2Oc3cc(OCCN(C)C)ccc3C2=O)ccc1Oc1ccc(C#N)cc1C(F)(F)F. The number of hydrogen-bond acceptors (Lipinski definition) is 7. The Morgan fingerprint density at radius 3 is 2.47 bits per heavy atom. The van der Waals surface area contributed by atoms with Gasteiger partial charge in [0.15, 0.2) is 17.3 Å². The molecule has 38 heavy (non-hydrogen) atoms. The van der Waals surface area contributed by atoms with Gasteiger partial charge in [-0.15, -0.1) is 0 Å². The molecule has 0 amide bonds. The molecular weight excluding hydrogens is 501 g/mol. The van der Waals surface area contributed by atoms with E-state index in [4.69, 9.17) is 24.2 Å². The van der Waals surface area contributed by atoms with Gasteiger partial charge in [0, 0.05) is 12.6 Å². The summed E-state index contributed by atoms with van der Waals surface area (Å²) >= 11 is 0. The Bertz CT molecular complexity index is 1440. The molecule has 3 aromatic rings. The molecule has 0 spiro atoms. The number of Topliss-reactive ketones (excluding diaryl/α,β-unsaturated/α-hetero) is 1. The van der Waals surface area contributed by atoms with Crippen molar-refractivity contribution in [2.24, 2.45) is 0 Å². The predicted molar refractivity (Wildman–Crippen MR) is 133 cm³/mol. The van der Waals surface area contributed by atoms with Crippen LogP contribution in [0.25, 0.3) is 6.08 Å². The van der Waals surface area contributed by atoms with Gasteiger partial charge in [-0.1, -0.05) is 6.07 Å². The van der Waals surface area contributed by atoms with Gasteiger partial charge in [0.1, 0.15) is 23.9 Å². The van der Waals surface area contributed by atoms with Crippen LogP contribution in [0.4, 0.5) is 13.2 Å². The highest BCUT2D eigenvalue weighted by Gasteiger charge is 2.35. The van der Waals surface area contributed by atoms with Crippen LogP contribution in [0.2, 0.25) is 0 Å². The Morgan fingerprint density at radius 2 is 1.79 bits per heavy atom. The molecule has 4 rings (SSSR count). The molecule has 1 heterocycles. The van der Waals surface area contributed by atoms with Gasteiger partial charge < -0.3 is 23.8 Å². The highest BCUT2D eigenvalue weighted by atomic mass is 19.4. The number of likely N-dealkylation sites (N-methyl/N-ethyl adjacent to an activating group) is 1. The van der Waals surface area contributed by atoms with E-state index in [2.05, 4.69) is 0 Å². The molecule has 3 aromatic carbocycles. The van der Waals surface area contributed by atoms with Crippen LogP contribution in [0.1, 0.15) is 27.0 Å². The first-order valence-electron chi connectivity index (χ1n) is 11.4. The van der Waals surface area contributed by atoms with Gasteiger partial charge in [-0.25, -0.2) is 0 Å². The predicted octanol–water partition coefficient (Wildman–Crippen LogP) is 5.93. The van der Waals surface area contributed by atoms with Crippen LogP contribution in [0.5, 0.6) is 28.7 Å². The van der Waals surface area contributed by atoms with Gasteiger partial charge in [-0.3, -0.25) is 4.79 Å². The van der Waals surface area contributed by atoms with Gasteiger partial charge in [-0.05, 0) is 68.2 Å². The Labute approximate surface area is 217 Å². The number of nitrogens with zero attached hydrogens (tertiary/aromatic N) is 2. The van der Waals surface area contributed by atoms with E-state index in [1.165, 1.54) is 31.4 Å². The molecule has 0 atom stereocenters. The van der Waals surface area contributed by atoms with Crippen molar-refractivity contribution in [3.8, 4) is 34.8 Å². The van der Waals surface area contributed by atoms with Crippen molar-refractivity contribution >= 4 is 11.9 Å². The van der Waals surface area contributed by atoms with Crippen molar-refractivity contribution in [2.75, 3.05) is 34.4 Å². The van der Waals surface area contributed by atoms with Crippen LogP contribution in [0.15, 0.2) is 60.4 Å². The molecule has 1 aliphatic heterocycles. The summed E-state index contributed by atoms with van der Waals surface area (Å²) in [6.07, 6.45) is -3.23. The van der Waals surface area contributed by atoms with E-state index in [9.17, 15) is 18.0 Å². The first-order valence-corrected chi connectivity index (χ1v) is 11.4. The standard InChI is InChI=1S/C28H23F3N2O5/c1-33(2)10-11-36-19-6-7-20-24(15-19)38-26(27(20)34)14-17-4-9-23(25(13-17)35-3)37-22-8-5-18(16-32)12-21(22)28(29,30)31/h4-9,12-15H,10-11H2,1-3H3. The molecule has 1 aliphatic rings. The second-order valence-corrected chi connectivity index (χ2v) is 8.58. The van der Waals surface area contributed by atoms with Gasteiger partial charge in [0.2, 0.25) is 5.78 Å². The maximum atomic E-state index is 13.5. The van der Waals surface area contributed by atoms with E-state index in [0.717, 1.165) is 18.7 Å². The molecule has 7 nitrogen and oxygen atoms in total. The average Bonchev–Trinajstić information content (AvgIpc) is 3.18. The smallest absolute Gasteiger partial charge is 0.420 e. The molecule has 0 aliphatic carbocycles. The van der Waals surface area contributed by atoms with Crippen LogP contribution < -0.4 is 18.9 Å². The number of ether oxygens (including phenoxy) is 4. The maximum absolute atomic E-state index is 13.5. The van der Waals surface area contributed by atoms with E-state index in [1.807, 2.05) is 19.0 Å². The molecule has 0 N–H and O–H groups in total. The fourth-order valence-electron chi connectivity index (χ4n) is 3.64. The zero-order valence-corrected chi connectivity index (χ0v) is 20.8. The fraction of sp³-hybridized carbons (Fsp3) is 0.214. The minimum atomic E-state index is -4.73. The quantitative estimate of drug-likeness (QED) is 0.338. The Hall–Kier alpha value is -4.49. The Balaban J connectivity index is 1.56. The Morgan fingerprint density at radius 1 is 1.03 bits per heavy atom. The topological polar surface area (TPSA) is 81.0 Å². The highest BCUT2D eigenvalue weighted by molar-refractivity contribution is 6.14. The second-order valence-electron chi connectivity index (χ2n) is 8.58. The number of ketones is 1. The van der Waals surface area contributed by atoms with Crippen LogP contribution in [-0.2, 0) is 6.18 Å². The third kappa shape index (κ3) is 5.90. The first kappa shape index (κ1) is 26.6. The third-order valence-electron chi connectivity index (χ3n) is 5.57. The molecule has 0 aromatic heterocycles. The summed E-state index contributed by atoms with van der Waals surface area (Å²) in [4.78, 5) is 14.8. The molecule has 10 heteroatoms. The second kappa shape index (κ2) is 10.9. The number of methoxy groups -OCH3 is 1. The number of allylic oxidation sites excluding steroid dienone is 1. The maximum Gasteiger partial charge on any atom is 0.420 e. The summed E-state index contributed by atoms with van der Waals surface area (Å²) in [6, 6.07) is 14.2. The summed E-state index contributed by atoms with van der Waals surface area (Å²) in [5.74, 6) is 0.385. The summed E-state index contributed by atoms with van der Waals surface area (Å²) in [6.45, 7) is 1.20. The van der Waals surface area contributed by atoms with Crippen molar-refractivity contribution in [3.63, 3.8) is 0 Å². The van der Waals surface area contributed by atoms with Crippen molar-refractivity contribution in [3.05, 3.63) is 82.6 Å². The number of rotatable bonds is 8. The van der Waals surface area contributed by atoms with Crippen LogP contribution in [-0.4, -0.2) is 45.0 Å². The lowest BCUT2D eigenvalue weighted by Crippen LogP contribution is -2.19. The third-order valence-corrected chi connectivity index (χ3v) is 5.57. The van der Waals surface area contributed by atoms with Gasteiger partial charge >= 0.3 is 6.18 Å². The zero-order chi connectivity index (χ0) is 27.4. The lowest BCUT2D eigenvalue weighted by molar-refractivity contribution is -0.138. The van der Waals surface area contributed by atoms with Gasteiger partial charge in [0.05, 0.1) is 29.9 Å². The van der Waals surface area contributed by atoms with E-state index in [-0.39, 0.29) is 28.6 Å². The summed E-state index contributed by atoms with van der Waals surface area (Å²) in [5.41, 5.74) is -0.335. The summed E-state index contributed by atoms with van der Waals surface area (Å²) in [7, 11) is 5.21. The number of carbonyl (C=O) groups is 1. The van der Waals surface area contributed by atoms with E-state index < -0.39 is 17.5 Å². The van der Waals surface area contributed by atoms with Crippen molar-refractivity contribution in [1.82, 2.24) is 4.90 Å². The fourth-order valence-corrected chi connectivity index (χ4v) is 3.64. The van der Waals surface area contributed by atoms with E-state index in [0.29, 0.717) is 29.2 Å². The summed E-state index contributed by atoms with van der Waals surface area (Å²) in [5, 5.41) is 8.95. The van der Waals surface area contributed by atoms with Crippen LogP contribution >= 0.6 is 0 Å². The monoisotopic (exact) mass is 524 g/mol. The number of halogens is 3. The van der Waals surface area contributed by atoms with Crippen molar-refractivity contribution in [1.29, 1.82) is 5.26 Å². The van der Waals surface area contributed by atoms with Crippen molar-refractivity contribution in [2.45, 2.75) is 6.18 Å². The first-order chi connectivity index (χ1) is 18.1. The normalized spacial score (nSPS) is 13.7. The number of fused-ring (bicyclic) bond motifs is 1. The minimum absolute atomic E-state index is 0.0197. The van der Waals surface area contributed by atoms with E-state index >= 15 is 0 Å². The number of benzene rings is 3. The van der Waals surface area contributed by atoms with Crippen molar-refractivity contribution < 1.29 is 36.9 Å². The van der Waals surface area contributed by atoms with Gasteiger partial charge in [-0.2, -0.15) is 18.4 Å². The van der Waals surface area contributed by atoms with Crippen LogP contribution in [0.3, 0.4) is 0 Å². The molecule has 0 unspecified atom stereocenters. The molecular formula is C28H23F3N2O5. The highest BCUT2D eigenvalue weighted by Crippen LogP contribution is 2.41. The average molecular weight is 524 g/mol. The number of hydrogen-bond donors (Lipinski definition) is 0. The summed E-state index contributed by atoms with van der Waals surface area (Å²) < 4.78 is 62.9. The number of alkyl halides is 3. The largest absolute Gasteiger partial charge is 0.493 e. The Kier molecular flexibility index (Phi) is 7.60. The minimum Gasteiger partial charge on any atom is -0.493 e. The molecule has 196 valence electrons. The lowest BCUT2D eigenvalue weighted by Gasteiger charge is -2.16. The van der Waals surface area contributed by atoms with Gasteiger partial charge in [0.25, 0.3) is 0 Å². The molecule has 0 fully saturated rings. The molecule has 0 saturated heterocycles. The number of nitriles is 1. The number of carbonyl (C=O) groups excluding carboxylic acids is 1. The van der Waals surface area contributed by atoms with Crippen LogP contribution in [0, 0.1) is 11.3 Å². The zero-order valence-electron chi connectivity index (χ0n) is 20.8. The lowest BCUT2D eigenvalue weighted by atomic mass is 10.1. The molecule has 0 radical (unpaired) electrons. The van der Waals surface area contributed by atoms with E-state index in [1.54, 1.807) is 30.3 Å². The molecule has 0 saturated carbocycles. The molecule has 0 bridgehead atoms.